The van der Waals surface area contributed by atoms with Crippen molar-refractivity contribution in [3.8, 4) is 5.75 Å². The Bertz CT molecular complexity index is 304. The number of hydrogen-bond donors (Lipinski definition) is 1. The second kappa shape index (κ2) is 7.98. The van der Waals surface area contributed by atoms with E-state index >= 15 is 0 Å². The van der Waals surface area contributed by atoms with Crippen molar-refractivity contribution >= 4 is 0 Å². The first kappa shape index (κ1) is 12.8. The Hall–Kier alpha value is -1.24. The standard InChI is InChI=1S/C15H22O/c1-2-3-4-5-6-7-8-10-14-11-9-12-15(16)13-14/h2,9,11-13,16H,1,3-8,10H2. The largest absolute Gasteiger partial charge is 0.508 e. The Kier molecular flexibility index (Phi) is 6.39. The van der Waals surface area contributed by atoms with Gasteiger partial charge in [0.05, 0.1) is 0 Å². The van der Waals surface area contributed by atoms with Gasteiger partial charge in [-0.3, -0.25) is 0 Å². The van der Waals surface area contributed by atoms with Gasteiger partial charge in [0.25, 0.3) is 0 Å². The molecule has 0 aromatic heterocycles. The molecule has 0 heterocycles. The summed E-state index contributed by atoms with van der Waals surface area (Å²) in [6, 6.07) is 7.57. The summed E-state index contributed by atoms with van der Waals surface area (Å²) in [5, 5.41) is 9.30. The van der Waals surface area contributed by atoms with E-state index < -0.39 is 0 Å². The molecule has 1 aromatic rings. The van der Waals surface area contributed by atoms with Crippen LogP contribution in [-0.4, -0.2) is 5.11 Å². The van der Waals surface area contributed by atoms with E-state index in [9.17, 15) is 5.11 Å². The molecule has 1 heteroatoms. The van der Waals surface area contributed by atoms with Gasteiger partial charge < -0.3 is 5.11 Å². The lowest BCUT2D eigenvalue weighted by Crippen LogP contribution is -1.85. The molecule has 16 heavy (non-hydrogen) atoms. The Morgan fingerprint density at radius 2 is 1.81 bits per heavy atom. The molecular formula is C15H22O. The fraction of sp³-hybridized carbons (Fsp3) is 0.467. The zero-order chi connectivity index (χ0) is 11.6. The highest BCUT2D eigenvalue weighted by Crippen LogP contribution is 2.14. The Morgan fingerprint density at radius 3 is 2.56 bits per heavy atom. The van der Waals surface area contributed by atoms with Gasteiger partial charge >= 0.3 is 0 Å². The monoisotopic (exact) mass is 218 g/mol. The first-order valence-corrected chi connectivity index (χ1v) is 6.22. The summed E-state index contributed by atoms with van der Waals surface area (Å²) in [5.41, 5.74) is 1.24. The summed E-state index contributed by atoms with van der Waals surface area (Å²) in [4.78, 5) is 0. The molecule has 0 spiro atoms. The quantitative estimate of drug-likeness (QED) is 0.504. The summed E-state index contributed by atoms with van der Waals surface area (Å²) >= 11 is 0. The van der Waals surface area contributed by atoms with Crippen molar-refractivity contribution in [3.63, 3.8) is 0 Å². The van der Waals surface area contributed by atoms with Crippen LogP contribution in [0, 0.1) is 0 Å². The minimum absolute atomic E-state index is 0.378. The van der Waals surface area contributed by atoms with Gasteiger partial charge in [-0.2, -0.15) is 0 Å². The highest BCUT2D eigenvalue weighted by atomic mass is 16.3. The number of hydrogen-bond acceptors (Lipinski definition) is 1. The Labute approximate surface area is 98.8 Å². The predicted molar refractivity (Wildman–Crippen MR) is 69.7 cm³/mol. The van der Waals surface area contributed by atoms with Crippen LogP contribution in [-0.2, 0) is 6.42 Å². The van der Waals surface area contributed by atoms with Crippen LogP contribution in [0.1, 0.15) is 44.1 Å². The molecule has 88 valence electrons. The first-order chi connectivity index (χ1) is 7.83. The van der Waals surface area contributed by atoms with Gasteiger partial charge in [-0.15, -0.1) is 6.58 Å². The molecule has 1 aromatic carbocycles. The average Bonchev–Trinajstić information content (AvgIpc) is 2.28. The van der Waals surface area contributed by atoms with Crippen molar-refractivity contribution in [2.45, 2.75) is 44.9 Å². The second-order valence-corrected chi connectivity index (χ2v) is 4.27. The van der Waals surface area contributed by atoms with Gasteiger partial charge in [0, 0.05) is 0 Å². The van der Waals surface area contributed by atoms with Crippen LogP contribution < -0.4 is 0 Å². The summed E-state index contributed by atoms with van der Waals surface area (Å²) in [6.45, 7) is 3.72. The molecule has 0 bridgehead atoms. The summed E-state index contributed by atoms with van der Waals surface area (Å²) < 4.78 is 0. The van der Waals surface area contributed by atoms with Crippen molar-refractivity contribution in [3.05, 3.63) is 42.5 Å². The number of unbranched alkanes of at least 4 members (excludes halogenated alkanes) is 5. The maximum absolute atomic E-state index is 9.30. The molecule has 0 aliphatic carbocycles. The predicted octanol–water partition coefficient (Wildman–Crippen LogP) is 4.46. The average molecular weight is 218 g/mol. The van der Waals surface area contributed by atoms with Crippen LogP contribution in [0.5, 0.6) is 5.75 Å². The first-order valence-electron chi connectivity index (χ1n) is 6.22. The molecule has 0 unspecified atom stereocenters. The van der Waals surface area contributed by atoms with Crippen LogP contribution in [0.15, 0.2) is 36.9 Å². The minimum atomic E-state index is 0.378. The minimum Gasteiger partial charge on any atom is -0.508 e. The van der Waals surface area contributed by atoms with Crippen LogP contribution >= 0.6 is 0 Å². The molecule has 1 N–H and O–H groups in total. The van der Waals surface area contributed by atoms with E-state index in [0.717, 1.165) is 12.8 Å². The number of aryl methyl sites for hydroxylation is 1. The normalized spacial score (nSPS) is 10.2. The van der Waals surface area contributed by atoms with Crippen LogP contribution in [0.4, 0.5) is 0 Å². The maximum atomic E-state index is 9.30. The Morgan fingerprint density at radius 1 is 1.06 bits per heavy atom. The zero-order valence-corrected chi connectivity index (χ0v) is 9.99. The number of rotatable bonds is 8. The third-order valence-corrected chi connectivity index (χ3v) is 2.78. The molecule has 0 radical (unpaired) electrons. The van der Waals surface area contributed by atoms with E-state index in [1.54, 1.807) is 6.07 Å². The van der Waals surface area contributed by atoms with Gasteiger partial charge in [-0.05, 0) is 43.4 Å². The van der Waals surface area contributed by atoms with E-state index in [1.807, 2.05) is 18.2 Å². The highest BCUT2D eigenvalue weighted by Gasteiger charge is 1.95. The van der Waals surface area contributed by atoms with Crippen molar-refractivity contribution in [1.29, 1.82) is 0 Å². The third kappa shape index (κ3) is 5.59. The van der Waals surface area contributed by atoms with Gasteiger partial charge in [0.2, 0.25) is 0 Å². The fourth-order valence-electron chi connectivity index (χ4n) is 1.86. The molecule has 1 nitrogen and oxygen atoms in total. The van der Waals surface area contributed by atoms with Crippen molar-refractivity contribution in [2.24, 2.45) is 0 Å². The number of phenols is 1. The molecule has 0 aliphatic heterocycles. The molecule has 0 saturated carbocycles. The van der Waals surface area contributed by atoms with E-state index in [4.69, 9.17) is 0 Å². The smallest absolute Gasteiger partial charge is 0.115 e. The van der Waals surface area contributed by atoms with E-state index in [1.165, 1.54) is 37.7 Å². The number of phenolic OH excluding ortho intramolecular Hbond substituents is 1. The third-order valence-electron chi connectivity index (χ3n) is 2.78. The van der Waals surface area contributed by atoms with Gasteiger partial charge in [-0.1, -0.05) is 37.5 Å². The molecule has 0 atom stereocenters. The van der Waals surface area contributed by atoms with Crippen molar-refractivity contribution < 1.29 is 5.11 Å². The number of aromatic hydroxyl groups is 1. The number of benzene rings is 1. The highest BCUT2D eigenvalue weighted by molar-refractivity contribution is 5.27. The van der Waals surface area contributed by atoms with E-state index in [2.05, 4.69) is 12.6 Å². The van der Waals surface area contributed by atoms with Crippen LogP contribution in [0.2, 0.25) is 0 Å². The fourth-order valence-corrected chi connectivity index (χ4v) is 1.86. The molecule has 1 rings (SSSR count). The molecule has 0 fully saturated rings. The number of allylic oxidation sites excluding steroid dienone is 1. The lowest BCUT2D eigenvalue weighted by Gasteiger charge is -2.02. The van der Waals surface area contributed by atoms with Gasteiger partial charge in [0.1, 0.15) is 5.75 Å². The summed E-state index contributed by atoms with van der Waals surface area (Å²) in [5.74, 6) is 0.378. The van der Waals surface area contributed by atoms with Gasteiger partial charge in [-0.25, -0.2) is 0 Å². The van der Waals surface area contributed by atoms with Crippen LogP contribution in [0.25, 0.3) is 0 Å². The molecule has 0 saturated heterocycles. The molecule has 0 amide bonds. The maximum Gasteiger partial charge on any atom is 0.115 e. The van der Waals surface area contributed by atoms with Crippen molar-refractivity contribution in [2.75, 3.05) is 0 Å². The summed E-state index contributed by atoms with van der Waals surface area (Å²) in [6.07, 6.45) is 10.6. The lowest BCUT2D eigenvalue weighted by molar-refractivity contribution is 0.474. The molecular weight excluding hydrogens is 196 g/mol. The lowest BCUT2D eigenvalue weighted by atomic mass is 10.0. The van der Waals surface area contributed by atoms with E-state index in [0.29, 0.717) is 5.75 Å². The Balaban J connectivity index is 2.05. The zero-order valence-electron chi connectivity index (χ0n) is 9.99. The summed E-state index contributed by atoms with van der Waals surface area (Å²) in [7, 11) is 0. The molecule has 0 aliphatic rings. The second-order valence-electron chi connectivity index (χ2n) is 4.27. The van der Waals surface area contributed by atoms with E-state index in [-0.39, 0.29) is 0 Å². The SMILES string of the molecule is C=CCCCCCCCc1cccc(O)c1. The van der Waals surface area contributed by atoms with Crippen molar-refractivity contribution in [1.82, 2.24) is 0 Å². The van der Waals surface area contributed by atoms with Gasteiger partial charge in [0.15, 0.2) is 0 Å². The van der Waals surface area contributed by atoms with Crippen LogP contribution in [0.3, 0.4) is 0 Å². The topological polar surface area (TPSA) is 20.2 Å².